The maximum absolute atomic E-state index is 8.44. The third kappa shape index (κ3) is 1.19. The smallest absolute Gasteiger partial charge is 0.425 e. The highest BCUT2D eigenvalue weighted by atomic mass is 16.5. The topological polar surface area (TPSA) is 61.7 Å². The monoisotopic (exact) mass is 117 g/mol. The molecule has 3 N–H and O–H groups in total. The highest BCUT2D eigenvalue weighted by Gasteiger charge is 2.27. The quantitative estimate of drug-likeness (QED) is 0.346. The van der Waals surface area contributed by atoms with Crippen LogP contribution in [-0.4, -0.2) is 36.4 Å². The second kappa shape index (κ2) is 2.45. The number of ether oxygens (including phenoxy) is 1. The molecular formula is C3H8BNO3. The van der Waals surface area contributed by atoms with Crippen LogP contribution in [0.25, 0.3) is 0 Å². The summed E-state index contributed by atoms with van der Waals surface area (Å²) in [6.07, 6.45) is 0. The minimum Gasteiger partial charge on any atom is -0.425 e. The van der Waals surface area contributed by atoms with Gasteiger partial charge in [-0.15, -0.1) is 0 Å². The van der Waals surface area contributed by atoms with E-state index in [9.17, 15) is 0 Å². The van der Waals surface area contributed by atoms with Crippen LogP contribution in [0.3, 0.4) is 0 Å². The highest BCUT2D eigenvalue weighted by Crippen LogP contribution is 1.96. The predicted molar refractivity (Wildman–Crippen MR) is 27.9 cm³/mol. The summed E-state index contributed by atoms with van der Waals surface area (Å²) in [6.45, 7) is 0.944. The van der Waals surface area contributed by atoms with E-state index in [0.29, 0.717) is 13.3 Å². The summed E-state index contributed by atoms with van der Waals surface area (Å²) in [7, 11) is -1.34. The van der Waals surface area contributed by atoms with Gasteiger partial charge in [0, 0.05) is 6.54 Å². The number of nitrogens with one attached hydrogen (secondary N) is 1. The number of hydrogen-bond donors (Lipinski definition) is 3. The van der Waals surface area contributed by atoms with Crippen LogP contribution in [0.4, 0.5) is 0 Å². The Kier molecular flexibility index (Phi) is 1.85. The van der Waals surface area contributed by atoms with E-state index in [2.05, 4.69) is 5.32 Å². The summed E-state index contributed by atoms with van der Waals surface area (Å²) in [5.41, 5.74) is 0. The SMILES string of the molecule is OB(O)C1CNCO1. The lowest BCUT2D eigenvalue weighted by Crippen LogP contribution is -2.33. The molecule has 1 aliphatic heterocycles. The summed E-state index contributed by atoms with van der Waals surface area (Å²) in [4.78, 5) is 0. The molecule has 0 spiro atoms. The molecule has 0 radical (unpaired) electrons. The van der Waals surface area contributed by atoms with Gasteiger partial charge in [0.05, 0.1) is 6.73 Å². The van der Waals surface area contributed by atoms with Gasteiger partial charge in [-0.2, -0.15) is 0 Å². The second-order valence-electron chi connectivity index (χ2n) is 1.72. The standard InChI is InChI=1S/C3H8BNO3/c6-4(7)3-1-5-2-8-3/h3,5-7H,1-2H2. The third-order valence-electron chi connectivity index (χ3n) is 1.08. The van der Waals surface area contributed by atoms with E-state index in [1.165, 1.54) is 0 Å². The lowest BCUT2D eigenvalue weighted by Gasteiger charge is -2.03. The minimum absolute atomic E-state index is 0.419. The van der Waals surface area contributed by atoms with Crippen molar-refractivity contribution in [2.24, 2.45) is 0 Å². The molecule has 4 nitrogen and oxygen atoms in total. The fourth-order valence-corrected chi connectivity index (χ4v) is 0.618. The molecule has 1 rings (SSSR count). The second-order valence-corrected chi connectivity index (χ2v) is 1.72. The average Bonchev–Trinajstić information content (AvgIpc) is 2.12. The fraction of sp³-hybridized carbons (Fsp3) is 1.00. The molecule has 46 valence electrons. The number of rotatable bonds is 1. The van der Waals surface area contributed by atoms with Crippen molar-refractivity contribution in [3.63, 3.8) is 0 Å². The third-order valence-corrected chi connectivity index (χ3v) is 1.08. The van der Waals surface area contributed by atoms with Gasteiger partial charge < -0.3 is 14.8 Å². The van der Waals surface area contributed by atoms with Crippen molar-refractivity contribution in [2.75, 3.05) is 13.3 Å². The zero-order chi connectivity index (χ0) is 5.98. The first-order valence-electron chi connectivity index (χ1n) is 2.49. The Morgan fingerprint density at radius 3 is 2.62 bits per heavy atom. The van der Waals surface area contributed by atoms with Crippen molar-refractivity contribution in [2.45, 2.75) is 6.00 Å². The van der Waals surface area contributed by atoms with Crippen molar-refractivity contribution in [1.82, 2.24) is 5.32 Å². The minimum atomic E-state index is -1.34. The van der Waals surface area contributed by atoms with Gasteiger partial charge in [-0.05, 0) is 0 Å². The molecule has 0 aromatic heterocycles. The zero-order valence-electron chi connectivity index (χ0n) is 4.37. The van der Waals surface area contributed by atoms with Gasteiger partial charge in [-0.25, -0.2) is 0 Å². The molecule has 1 saturated heterocycles. The summed E-state index contributed by atoms with van der Waals surface area (Å²) >= 11 is 0. The Morgan fingerprint density at radius 1 is 1.62 bits per heavy atom. The van der Waals surface area contributed by atoms with Crippen molar-refractivity contribution < 1.29 is 14.8 Å². The van der Waals surface area contributed by atoms with Gasteiger partial charge in [0.15, 0.2) is 0 Å². The van der Waals surface area contributed by atoms with Crippen LogP contribution in [0.1, 0.15) is 0 Å². The van der Waals surface area contributed by atoms with Crippen LogP contribution in [0, 0.1) is 0 Å². The van der Waals surface area contributed by atoms with E-state index in [1.807, 2.05) is 0 Å². The van der Waals surface area contributed by atoms with Crippen molar-refractivity contribution >= 4 is 7.12 Å². The van der Waals surface area contributed by atoms with Gasteiger partial charge in [0.2, 0.25) is 0 Å². The molecule has 1 fully saturated rings. The molecule has 0 aromatic rings. The Morgan fingerprint density at radius 2 is 2.38 bits per heavy atom. The lowest BCUT2D eigenvalue weighted by atomic mass is 9.83. The van der Waals surface area contributed by atoms with E-state index in [-0.39, 0.29) is 0 Å². The molecule has 0 amide bonds. The summed E-state index contributed by atoms with van der Waals surface area (Å²) in [5, 5.41) is 19.7. The van der Waals surface area contributed by atoms with E-state index in [4.69, 9.17) is 14.8 Å². The first-order valence-corrected chi connectivity index (χ1v) is 2.49. The van der Waals surface area contributed by atoms with E-state index in [1.54, 1.807) is 0 Å². The van der Waals surface area contributed by atoms with Crippen LogP contribution in [0.2, 0.25) is 0 Å². The highest BCUT2D eigenvalue weighted by molar-refractivity contribution is 6.42. The molecule has 1 heterocycles. The van der Waals surface area contributed by atoms with Crippen LogP contribution in [0.5, 0.6) is 0 Å². The maximum atomic E-state index is 8.44. The summed E-state index contributed by atoms with van der Waals surface area (Å²) in [6, 6.07) is -0.435. The summed E-state index contributed by atoms with van der Waals surface area (Å²) in [5.74, 6) is 0. The molecule has 0 saturated carbocycles. The van der Waals surface area contributed by atoms with Crippen molar-refractivity contribution in [3.8, 4) is 0 Å². The van der Waals surface area contributed by atoms with Crippen LogP contribution < -0.4 is 5.32 Å². The number of hydrogen-bond acceptors (Lipinski definition) is 4. The largest absolute Gasteiger partial charge is 0.483 e. The molecule has 0 aliphatic carbocycles. The zero-order valence-corrected chi connectivity index (χ0v) is 4.37. The maximum Gasteiger partial charge on any atom is 0.483 e. The molecule has 1 unspecified atom stereocenters. The molecule has 5 heteroatoms. The van der Waals surface area contributed by atoms with Gasteiger partial charge in [0.1, 0.15) is 6.00 Å². The summed E-state index contributed by atoms with van der Waals surface area (Å²) < 4.78 is 4.80. The molecular weight excluding hydrogens is 109 g/mol. The van der Waals surface area contributed by atoms with Crippen molar-refractivity contribution in [3.05, 3.63) is 0 Å². The van der Waals surface area contributed by atoms with Crippen LogP contribution >= 0.6 is 0 Å². The van der Waals surface area contributed by atoms with E-state index >= 15 is 0 Å². The molecule has 8 heavy (non-hydrogen) atoms. The van der Waals surface area contributed by atoms with E-state index in [0.717, 1.165) is 0 Å². The van der Waals surface area contributed by atoms with Crippen LogP contribution in [-0.2, 0) is 4.74 Å². The van der Waals surface area contributed by atoms with Gasteiger partial charge >= 0.3 is 7.12 Å². The Labute approximate surface area is 47.6 Å². The first-order chi connectivity index (χ1) is 3.80. The molecule has 1 atom stereocenters. The van der Waals surface area contributed by atoms with E-state index < -0.39 is 13.1 Å². The normalized spacial score (nSPS) is 28.5. The lowest BCUT2D eigenvalue weighted by molar-refractivity contribution is 0.136. The van der Waals surface area contributed by atoms with Crippen LogP contribution in [0.15, 0.2) is 0 Å². The van der Waals surface area contributed by atoms with Gasteiger partial charge in [-0.1, -0.05) is 0 Å². The fourth-order valence-electron chi connectivity index (χ4n) is 0.618. The van der Waals surface area contributed by atoms with Gasteiger partial charge in [0.25, 0.3) is 0 Å². The molecule has 0 bridgehead atoms. The Hall–Kier alpha value is -0.0951. The van der Waals surface area contributed by atoms with Gasteiger partial charge in [-0.3, -0.25) is 5.32 Å². The molecule has 1 aliphatic rings. The predicted octanol–water partition coefficient (Wildman–Crippen LogP) is -2.06. The Bertz CT molecular complexity index is 72.9. The molecule has 0 aromatic carbocycles. The first kappa shape index (κ1) is 6.03. The average molecular weight is 117 g/mol. The van der Waals surface area contributed by atoms with Crippen molar-refractivity contribution in [1.29, 1.82) is 0 Å². The Balaban J connectivity index is 2.24.